The van der Waals surface area contributed by atoms with Crippen molar-refractivity contribution >= 4 is 29.2 Å². The number of anilines is 2. The van der Waals surface area contributed by atoms with Crippen LogP contribution in [0, 0.1) is 6.92 Å². The van der Waals surface area contributed by atoms with Gasteiger partial charge in [-0.25, -0.2) is 4.98 Å². The van der Waals surface area contributed by atoms with Crippen LogP contribution in [0.25, 0.3) is 6.08 Å². The Morgan fingerprint density at radius 3 is 2.27 bits per heavy atom. The third-order valence-electron chi connectivity index (χ3n) is 5.56. The minimum Gasteiger partial charge on any atom is -0.372 e. The van der Waals surface area contributed by atoms with E-state index < -0.39 is 0 Å². The summed E-state index contributed by atoms with van der Waals surface area (Å²) in [4.78, 5) is 24.6. The van der Waals surface area contributed by atoms with E-state index in [9.17, 15) is 4.79 Å². The van der Waals surface area contributed by atoms with Gasteiger partial charge in [-0.3, -0.25) is 9.78 Å². The number of carbonyl (C=O) groups is 1. The molecule has 33 heavy (non-hydrogen) atoms. The van der Waals surface area contributed by atoms with E-state index in [-0.39, 0.29) is 5.91 Å². The zero-order valence-corrected chi connectivity index (χ0v) is 19.4. The molecule has 0 atom stereocenters. The number of pyridine rings is 2. The lowest BCUT2D eigenvalue weighted by molar-refractivity contribution is -0.114. The van der Waals surface area contributed by atoms with Gasteiger partial charge >= 0.3 is 0 Å². The summed E-state index contributed by atoms with van der Waals surface area (Å²) >= 11 is 0. The Kier molecular flexibility index (Phi) is 6.93. The summed E-state index contributed by atoms with van der Waals surface area (Å²) in [5.41, 5.74) is 5.03. The average Bonchev–Trinajstić information content (AvgIpc) is 3.17. The van der Waals surface area contributed by atoms with Gasteiger partial charge in [-0.15, -0.1) is 0 Å². The molecular formula is C27H29N5O. The molecule has 3 aromatic rings. The monoisotopic (exact) mass is 439 g/mol. The number of aromatic nitrogens is 2. The van der Waals surface area contributed by atoms with Crippen LogP contribution in [0.2, 0.25) is 0 Å². The SMILES string of the molecule is CCCN(CCC)c1ccc(C=C2C(=O)N(c3ccccn3)N=C2c2ccccn2)c(C)c1. The number of rotatable bonds is 8. The van der Waals surface area contributed by atoms with Gasteiger partial charge in [0.2, 0.25) is 0 Å². The van der Waals surface area contributed by atoms with Crippen LogP contribution < -0.4 is 9.91 Å². The van der Waals surface area contributed by atoms with Crippen LogP contribution in [0.15, 0.2) is 77.7 Å². The molecule has 0 unspecified atom stereocenters. The molecule has 1 amide bonds. The molecule has 1 aromatic carbocycles. The summed E-state index contributed by atoms with van der Waals surface area (Å²) in [7, 11) is 0. The normalized spacial score (nSPS) is 14.6. The second kappa shape index (κ2) is 10.2. The number of carbonyl (C=O) groups excluding carboxylic acids is 1. The number of benzene rings is 1. The fraction of sp³-hybridized carbons (Fsp3) is 0.259. The van der Waals surface area contributed by atoms with Crippen LogP contribution in [-0.2, 0) is 4.79 Å². The highest BCUT2D eigenvalue weighted by atomic mass is 16.2. The number of amides is 1. The lowest BCUT2D eigenvalue weighted by Gasteiger charge is -2.24. The number of aryl methyl sites for hydroxylation is 1. The van der Waals surface area contributed by atoms with Crippen molar-refractivity contribution in [2.24, 2.45) is 5.10 Å². The van der Waals surface area contributed by atoms with Crippen molar-refractivity contribution in [1.82, 2.24) is 9.97 Å². The van der Waals surface area contributed by atoms with E-state index in [1.54, 1.807) is 18.5 Å². The van der Waals surface area contributed by atoms with E-state index in [0.29, 0.717) is 22.8 Å². The second-order valence-corrected chi connectivity index (χ2v) is 8.05. The zero-order chi connectivity index (χ0) is 23.2. The first kappa shape index (κ1) is 22.4. The smallest absolute Gasteiger partial charge is 0.282 e. The first-order valence-electron chi connectivity index (χ1n) is 11.5. The number of nitrogens with zero attached hydrogens (tertiary/aromatic N) is 5. The predicted molar refractivity (Wildman–Crippen MR) is 134 cm³/mol. The highest BCUT2D eigenvalue weighted by Gasteiger charge is 2.33. The zero-order valence-electron chi connectivity index (χ0n) is 19.4. The molecule has 2 aromatic heterocycles. The molecule has 0 spiro atoms. The molecule has 168 valence electrons. The van der Waals surface area contributed by atoms with Gasteiger partial charge in [-0.05, 0) is 73.4 Å². The molecule has 3 heterocycles. The molecule has 4 rings (SSSR count). The van der Waals surface area contributed by atoms with Crippen LogP contribution in [0.4, 0.5) is 11.5 Å². The Morgan fingerprint density at radius 2 is 1.67 bits per heavy atom. The molecule has 6 heteroatoms. The Bertz CT molecular complexity index is 1170. The van der Waals surface area contributed by atoms with Crippen LogP contribution in [0.1, 0.15) is 43.5 Å². The quantitative estimate of drug-likeness (QED) is 0.450. The largest absolute Gasteiger partial charge is 0.372 e. The molecule has 0 bridgehead atoms. The third-order valence-corrected chi connectivity index (χ3v) is 5.56. The van der Waals surface area contributed by atoms with E-state index in [1.165, 1.54) is 10.7 Å². The van der Waals surface area contributed by atoms with Gasteiger partial charge in [-0.2, -0.15) is 10.1 Å². The number of hydrazone groups is 1. The molecular weight excluding hydrogens is 410 g/mol. The average molecular weight is 440 g/mol. The van der Waals surface area contributed by atoms with Gasteiger partial charge in [0, 0.05) is 31.2 Å². The minimum atomic E-state index is -0.212. The molecule has 1 aliphatic heterocycles. The molecule has 0 saturated carbocycles. The van der Waals surface area contributed by atoms with E-state index in [2.05, 4.69) is 58.9 Å². The van der Waals surface area contributed by atoms with Crippen LogP contribution in [-0.4, -0.2) is 34.7 Å². The fourth-order valence-electron chi connectivity index (χ4n) is 3.95. The van der Waals surface area contributed by atoms with Crippen molar-refractivity contribution in [2.75, 3.05) is 23.0 Å². The topological polar surface area (TPSA) is 61.7 Å². The maximum atomic E-state index is 13.4. The van der Waals surface area contributed by atoms with Gasteiger partial charge in [0.15, 0.2) is 5.82 Å². The van der Waals surface area contributed by atoms with Crippen LogP contribution >= 0.6 is 0 Å². The summed E-state index contributed by atoms with van der Waals surface area (Å²) < 4.78 is 0. The number of hydrogen-bond donors (Lipinski definition) is 0. The summed E-state index contributed by atoms with van der Waals surface area (Å²) in [6.45, 7) is 8.54. The first-order valence-corrected chi connectivity index (χ1v) is 11.5. The van der Waals surface area contributed by atoms with Crippen molar-refractivity contribution in [2.45, 2.75) is 33.6 Å². The van der Waals surface area contributed by atoms with Crippen molar-refractivity contribution in [3.63, 3.8) is 0 Å². The highest BCUT2D eigenvalue weighted by Crippen LogP contribution is 2.28. The van der Waals surface area contributed by atoms with Gasteiger partial charge in [0.05, 0.1) is 11.3 Å². The Hall–Kier alpha value is -3.80. The summed E-state index contributed by atoms with van der Waals surface area (Å²) in [6.07, 6.45) is 7.49. The molecule has 0 aliphatic carbocycles. The Balaban J connectivity index is 1.74. The predicted octanol–water partition coefficient (Wildman–Crippen LogP) is 5.25. The van der Waals surface area contributed by atoms with Gasteiger partial charge < -0.3 is 4.90 Å². The molecule has 1 aliphatic rings. The first-order chi connectivity index (χ1) is 16.1. The standard InChI is InChI=1S/C27H29N5O/c1-4-16-31(17-5-2)22-13-12-21(20(3)18-22)19-23-26(24-10-6-8-14-28-24)30-32(27(23)33)25-11-7-9-15-29-25/h6-15,18-19H,4-5,16-17H2,1-3H3. The third kappa shape index (κ3) is 4.85. The minimum absolute atomic E-state index is 0.212. The Labute approximate surface area is 195 Å². The summed E-state index contributed by atoms with van der Waals surface area (Å²) in [5.74, 6) is 0.276. The number of hydrogen-bond acceptors (Lipinski definition) is 5. The van der Waals surface area contributed by atoms with Crippen molar-refractivity contribution < 1.29 is 4.79 Å². The molecule has 0 saturated heterocycles. The van der Waals surface area contributed by atoms with Gasteiger partial charge in [0.1, 0.15) is 5.71 Å². The van der Waals surface area contributed by atoms with Crippen molar-refractivity contribution in [1.29, 1.82) is 0 Å². The molecule has 0 fully saturated rings. The lowest BCUT2D eigenvalue weighted by Crippen LogP contribution is -2.24. The van der Waals surface area contributed by atoms with Crippen LogP contribution in [0.3, 0.4) is 0 Å². The Morgan fingerprint density at radius 1 is 0.939 bits per heavy atom. The van der Waals surface area contributed by atoms with Gasteiger partial charge in [-0.1, -0.05) is 32.0 Å². The van der Waals surface area contributed by atoms with Crippen molar-refractivity contribution in [3.05, 3.63) is 89.4 Å². The lowest BCUT2D eigenvalue weighted by atomic mass is 10.00. The van der Waals surface area contributed by atoms with E-state index >= 15 is 0 Å². The molecule has 0 radical (unpaired) electrons. The van der Waals surface area contributed by atoms with E-state index in [1.807, 2.05) is 36.4 Å². The maximum absolute atomic E-state index is 13.4. The summed E-state index contributed by atoms with van der Waals surface area (Å²) in [6, 6.07) is 17.5. The summed E-state index contributed by atoms with van der Waals surface area (Å²) in [5, 5.41) is 5.96. The second-order valence-electron chi connectivity index (χ2n) is 8.05. The van der Waals surface area contributed by atoms with Crippen molar-refractivity contribution in [3.8, 4) is 0 Å². The van der Waals surface area contributed by atoms with E-state index in [4.69, 9.17) is 0 Å². The highest BCUT2D eigenvalue weighted by molar-refractivity contribution is 6.36. The van der Waals surface area contributed by atoms with Crippen LogP contribution in [0.5, 0.6) is 0 Å². The van der Waals surface area contributed by atoms with E-state index in [0.717, 1.165) is 37.1 Å². The fourth-order valence-corrected chi connectivity index (χ4v) is 3.95. The molecule has 6 nitrogen and oxygen atoms in total. The maximum Gasteiger partial charge on any atom is 0.282 e. The van der Waals surface area contributed by atoms with Gasteiger partial charge in [0.25, 0.3) is 5.91 Å². The molecule has 0 N–H and O–H groups in total.